The van der Waals surface area contributed by atoms with Gasteiger partial charge in [0.1, 0.15) is 11.4 Å². The van der Waals surface area contributed by atoms with Crippen molar-refractivity contribution >= 4 is 18.1 Å². The Hall–Kier alpha value is -1.41. The van der Waals surface area contributed by atoms with E-state index < -0.39 is 17.8 Å². The van der Waals surface area contributed by atoms with Crippen LogP contribution < -0.4 is 11.3 Å². The number of rotatable bonds is 1. The number of nitrogens with one attached hydrogen (secondary N) is 2. The third-order valence-corrected chi connectivity index (χ3v) is 1.76. The molecule has 0 bridgehead atoms. The Labute approximate surface area is 87.3 Å². The first-order chi connectivity index (χ1) is 6.84. The van der Waals surface area contributed by atoms with Crippen LogP contribution in [0.5, 0.6) is 0 Å². The predicted octanol–water partition coefficient (Wildman–Crippen LogP) is 1.37. The maximum Gasteiger partial charge on any atom is 0.431 e. The molecule has 1 aromatic rings. The Bertz CT molecular complexity index is 440. The van der Waals surface area contributed by atoms with Crippen molar-refractivity contribution in [1.82, 2.24) is 10.4 Å². The van der Waals surface area contributed by atoms with Gasteiger partial charge in [-0.2, -0.15) is 13.2 Å². The SMILES string of the molecule is NNC(=O)c1cc(=S)cc(C(F)(F)F)[nH]1. The summed E-state index contributed by atoms with van der Waals surface area (Å²) in [5, 5.41) is 0. The van der Waals surface area contributed by atoms with E-state index in [1.165, 1.54) is 0 Å². The normalized spacial score (nSPS) is 11.2. The number of halogens is 3. The summed E-state index contributed by atoms with van der Waals surface area (Å²) in [4.78, 5) is 12.9. The first kappa shape index (κ1) is 11.7. The van der Waals surface area contributed by atoms with Crippen LogP contribution in [0.1, 0.15) is 16.2 Å². The molecular formula is C7H6F3N3OS. The molecule has 0 atom stereocenters. The van der Waals surface area contributed by atoms with Crippen molar-refractivity contribution in [2.75, 3.05) is 0 Å². The van der Waals surface area contributed by atoms with Crippen LogP contribution in [0, 0.1) is 4.51 Å². The fourth-order valence-corrected chi connectivity index (χ4v) is 1.13. The number of aromatic amines is 1. The second-order valence-corrected chi connectivity index (χ2v) is 3.09. The summed E-state index contributed by atoms with van der Waals surface area (Å²) in [5.41, 5.74) is 0.278. The molecular weight excluding hydrogens is 231 g/mol. The van der Waals surface area contributed by atoms with Gasteiger partial charge < -0.3 is 4.98 Å². The highest BCUT2D eigenvalue weighted by Gasteiger charge is 2.32. The van der Waals surface area contributed by atoms with Gasteiger partial charge in [0.2, 0.25) is 0 Å². The monoisotopic (exact) mass is 237 g/mol. The number of pyridine rings is 1. The zero-order valence-corrected chi connectivity index (χ0v) is 8.00. The Morgan fingerprint density at radius 2 is 2.07 bits per heavy atom. The minimum atomic E-state index is -4.58. The van der Waals surface area contributed by atoms with Gasteiger partial charge in [-0.3, -0.25) is 10.2 Å². The van der Waals surface area contributed by atoms with Gasteiger partial charge >= 0.3 is 6.18 Å². The van der Waals surface area contributed by atoms with Gasteiger partial charge in [-0.25, -0.2) is 5.84 Å². The molecule has 15 heavy (non-hydrogen) atoms. The lowest BCUT2D eigenvalue weighted by atomic mass is 10.3. The zero-order chi connectivity index (χ0) is 11.6. The van der Waals surface area contributed by atoms with Crippen LogP contribution in [0.3, 0.4) is 0 Å². The van der Waals surface area contributed by atoms with Crippen molar-refractivity contribution in [2.45, 2.75) is 6.18 Å². The summed E-state index contributed by atoms with van der Waals surface area (Å²) >= 11 is 4.58. The summed E-state index contributed by atoms with van der Waals surface area (Å²) < 4.78 is 36.7. The Kier molecular flexibility index (Phi) is 3.10. The number of hydrazine groups is 1. The van der Waals surface area contributed by atoms with E-state index >= 15 is 0 Å². The van der Waals surface area contributed by atoms with E-state index in [0.29, 0.717) is 0 Å². The molecule has 0 fully saturated rings. The minimum absolute atomic E-state index is 0.0975. The van der Waals surface area contributed by atoms with E-state index in [-0.39, 0.29) is 10.2 Å². The standard InChI is InChI=1S/C7H6F3N3OS/c8-7(9,10)5-2-3(15)1-4(12-5)6(14)13-11/h1-2H,11H2,(H,12,15)(H,13,14). The van der Waals surface area contributed by atoms with Gasteiger partial charge in [-0.1, -0.05) is 12.2 Å². The fourth-order valence-electron chi connectivity index (χ4n) is 0.896. The largest absolute Gasteiger partial charge is 0.431 e. The Morgan fingerprint density at radius 1 is 1.47 bits per heavy atom. The highest BCUT2D eigenvalue weighted by molar-refractivity contribution is 7.71. The summed E-state index contributed by atoms with van der Waals surface area (Å²) in [6.07, 6.45) is -4.58. The molecule has 4 N–H and O–H groups in total. The molecule has 0 aromatic carbocycles. The third-order valence-electron chi connectivity index (χ3n) is 1.52. The molecule has 0 aliphatic carbocycles. The molecule has 0 aliphatic rings. The second-order valence-electron chi connectivity index (χ2n) is 2.61. The summed E-state index contributed by atoms with van der Waals surface area (Å²) in [6, 6.07) is 1.81. The summed E-state index contributed by atoms with van der Waals surface area (Å²) in [6.45, 7) is 0. The highest BCUT2D eigenvalue weighted by atomic mass is 32.1. The number of nitrogen functional groups attached to an aromatic ring is 1. The molecule has 0 unspecified atom stereocenters. The van der Waals surface area contributed by atoms with Crippen molar-refractivity contribution in [3.63, 3.8) is 0 Å². The van der Waals surface area contributed by atoms with Gasteiger partial charge in [0.25, 0.3) is 5.91 Å². The number of aromatic nitrogens is 1. The Balaban J connectivity index is 3.29. The van der Waals surface area contributed by atoms with Crippen molar-refractivity contribution in [1.29, 1.82) is 0 Å². The van der Waals surface area contributed by atoms with E-state index in [2.05, 4.69) is 12.2 Å². The van der Waals surface area contributed by atoms with Gasteiger partial charge in [0.15, 0.2) is 0 Å². The second kappa shape index (κ2) is 3.99. The molecule has 82 valence electrons. The van der Waals surface area contributed by atoms with E-state index in [0.717, 1.165) is 12.1 Å². The number of carbonyl (C=O) groups is 1. The van der Waals surface area contributed by atoms with Crippen LogP contribution in [-0.4, -0.2) is 10.9 Å². The average Bonchev–Trinajstić information content (AvgIpc) is 2.14. The number of alkyl halides is 3. The number of hydrogen-bond acceptors (Lipinski definition) is 3. The predicted molar refractivity (Wildman–Crippen MR) is 48.3 cm³/mol. The average molecular weight is 237 g/mol. The molecule has 0 saturated carbocycles. The fraction of sp³-hybridized carbons (Fsp3) is 0.143. The van der Waals surface area contributed by atoms with Crippen molar-refractivity contribution < 1.29 is 18.0 Å². The summed E-state index contributed by atoms with van der Waals surface area (Å²) in [7, 11) is 0. The van der Waals surface area contributed by atoms with E-state index in [1.54, 1.807) is 5.43 Å². The minimum Gasteiger partial charge on any atom is -0.347 e. The van der Waals surface area contributed by atoms with Gasteiger partial charge in [0.05, 0.1) is 0 Å². The Morgan fingerprint density at radius 3 is 2.53 bits per heavy atom. The molecule has 1 rings (SSSR count). The number of carbonyl (C=O) groups excluding carboxylic acids is 1. The van der Waals surface area contributed by atoms with Crippen molar-refractivity contribution in [2.24, 2.45) is 5.84 Å². The first-order valence-electron chi connectivity index (χ1n) is 3.67. The lowest BCUT2D eigenvalue weighted by Gasteiger charge is -2.08. The molecule has 4 nitrogen and oxygen atoms in total. The van der Waals surface area contributed by atoms with Gasteiger partial charge in [-0.15, -0.1) is 0 Å². The topological polar surface area (TPSA) is 70.9 Å². The van der Waals surface area contributed by atoms with Crippen LogP contribution in [0.2, 0.25) is 0 Å². The quantitative estimate of drug-likeness (QED) is 0.299. The highest BCUT2D eigenvalue weighted by Crippen LogP contribution is 2.27. The van der Waals surface area contributed by atoms with E-state index in [4.69, 9.17) is 5.84 Å². The number of hydrogen-bond donors (Lipinski definition) is 3. The maximum absolute atomic E-state index is 12.3. The van der Waals surface area contributed by atoms with E-state index in [9.17, 15) is 18.0 Å². The summed E-state index contributed by atoms with van der Waals surface area (Å²) in [5.74, 6) is 3.91. The van der Waals surface area contributed by atoms with Crippen LogP contribution in [0.25, 0.3) is 0 Å². The molecule has 8 heteroatoms. The van der Waals surface area contributed by atoms with Crippen molar-refractivity contribution in [3.8, 4) is 0 Å². The molecule has 1 aromatic heterocycles. The molecule has 0 saturated heterocycles. The van der Waals surface area contributed by atoms with Crippen LogP contribution in [0.15, 0.2) is 12.1 Å². The van der Waals surface area contributed by atoms with E-state index in [1.807, 2.05) is 4.98 Å². The van der Waals surface area contributed by atoms with Crippen LogP contribution in [0.4, 0.5) is 13.2 Å². The van der Waals surface area contributed by atoms with Crippen LogP contribution >= 0.6 is 12.2 Å². The smallest absolute Gasteiger partial charge is 0.347 e. The van der Waals surface area contributed by atoms with Gasteiger partial charge in [-0.05, 0) is 12.1 Å². The molecule has 1 heterocycles. The van der Waals surface area contributed by atoms with Gasteiger partial charge in [0, 0.05) is 4.51 Å². The lowest BCUT2D eigenvalue weighted by molar-refractivity contribution is -0.141. The molecule has 0 spiro atoms. The lowest BCUT2D eigenvalue weighted by Crippen LogP contribution is -2.31. The zero-order valence-electron chi connectivity index (χ0n) is 7.18. The maximum atomic E-state index is 12.3. The first-order valence-corrected chi connectivity index (χ1v) is 4.08. The molecule has 0 aliphatic heterocycles. The molecule has 0 radical (unpaired) electrons. The molecule has 1 amide bonds. The number of H-pyrrole nitrogens is 1. The number of nitrogens with two attached hydrogens (primary N) is 1. The van der Waals surface area contributed by atoms with Crippen molar-refractivity contribution in [3.05, 3.63) is 28.0 Å². The van der Waals surface area contributed by atoms with Crippen LogP contribution in [-0.2, 0) is 6.18 Å². The third kappa shape index (κ3) is 2.77. The number of amides is 1.